The molecular weight excluding hydrogens is 362 g/mol. The highest BCUT2D eigenvalue weighted by molar-refractivity contribution is 9.10. The van der Waals surface area contributed by atoms with Crippen LogP contribution in [0.4, 0.5) is 4.79 Å². The van der Waals surface area contributed by atoms with E-state index in [1.165, 1.54) is 4.90 Å². The van der Waals surface area contributed by atoms with Crippen molar-refractivity contribution in [2.75, 3.05) is 0 Å². The summed E-state index contributed by atoms with van der Waals surface area (Å²) in [5.74, 6) is -0.237. The summed E-state index contributed by atoms with van der Waals surface area (Å²) in [6.45, 7) is 0.288. The van der Waals surface area contributed by atoms with E-state index in [2.05, 4.69) is 15.9 Å². The molecule has 110 valence electrons. The lowest BCUT2D eigenvalue weighted by atomic mass is 10.2. The third kappa shape index (κ3) is 3.31. The van der Waals surface area contributed by atoms with Gasteiger partial charge in [0.05, 0.1) is 11.4 Å². The second kappa shape index (κ2) is 6.50. The third-order valence-corrected chi connectivity index (χ3v) is 4.60. The van der Waals surface area contributed by atoms with Gasteiger partial charge in [-0.15, -0.1) is 0 Å². The van der Waals surface area contributed by atoms with Crippen LogP contribution < -0.4 is 0 Å². The van der Waals surface area contributed by atoms with Gasteiger partial charge >= 0.3 is 0 Å². The zero-order chi connectivity index (χ0) is 15.5. The molecule has 0 aliphatic carbocycles. The van der Waals surface area contributed by atoms with Crippen molar-refractivity contribution in [3.8, 4) is 0 Å². The summed E-state index contributed by atoms with van der Waals surface area (Å²) in [6, 6.07) is 17.1. The average molecular weight is 374 g/mol. The Balaban J connectivity index is 1.81. The summed E-state index contributed by atoms with van der Waals surface area (Å²) in [5.41, 5.74) is 1.83. The molecule has 1 aliphatic rings. The van der Waals surface area contributed by atoms with Crippen molar-refractivity contribution >= 4 is 44.9 Å². The van der Waals surface area contributed by atoms with Crippen LogP contribution in [0, 0.1) is 0 Å². The predicted molar refractivity (Wildman–Crippen MR) is 92.1 cm³/mol. The van der Waals surface area contributed by atoms with Gasteiger partial charge in [-0.25, -0.2) is 0 Å². The Morgan fingerprint density at radius 1 is 1.05 bits per heavy atom. The number of hydrogen-bond acceptors (Lipinski definition) is 3. The van der Waals surface area contributed by atoms with Gasteiger partial charge in [0, 0.05) is 4.47 Å². The van der Waals surface area contributed by atoms with E-state index < -0.39 is 0 Å². The number of rotatable bonds is 3. The number of carbonyl (C=O) groups is 2. The molecule has 0 bridgehead atoms. The van der Waals surface area contributed by atoms with Crippen molar-refractivity contribution in [3.63, 3.8) is 0 Å². The minimum Gasteiger partial charge on any atom is -0.268 e. The molecule has 3 rings (SSSR count). The van der Waals surface area contributed by atoms with Gasteiger partial charge in [-0.2, -0.15) is 0 Å². The first kappa shape index (κ1) is 15.1. The summed E-state index contributed by atoms with van der Waals surface area (Å²) >= 11 is 4.38. The number of thioether (sulfide) groups is 1. The van der Waals surface area contributed by atoms with Crippen molar-refractivity contribution in [1.29, 1.82) is 0 Å². The molecular formula is C17H12BrNO2S. The largest absolute Gasteiger partial charge is 0.293 e. The average Bonchev–Trinajstić information content (AvgIpc) is 2.76. The first-order valence-corrected chi connectivity index (χ1v) is 8.29. The lowest BCUT2D eigenvalue weighted by Gasteiger charge is -2.12. The van der Waals surface area contributed by atoms with Gasteiger partial charge in [-0.3, -0.25) is 14.5 Å². The Kier molecular flexibility index (Phi) is 4.45. The third-order valence-electron chi connectivity index (χ3n) is 3.20. The molecule has 1 aliphatic heterocycles. The first-order valence-electron chi connectivity index (χ1n) is 6.68. The molecule has 0 aromatic heterocycles. The second-order valence-electron chi connectivity index (χ2n) is 4.81. The van der Waals surface area contributed by atoms with Crippen molar-refractivity contribution in [2.24, 2.45) is 0 Å². The smallest absolute Gasteiger partial charge is 0.268 e. The van der Waals surface area contributed by atoms with Crippen LogP contribution in [0.1, 0.15) is 11.1 Å². The van der Waals surface area contributed by atoms with E-state index in [0.717, 1.165) is 27.4 Å². The lowest BCUT2D eigenvalue weighted by molar-refractivity contribution is -0.123. The van der Waals surface area contributed by atoms with Gasteiger partial charge in [0.2, 0.25) is 0 Å². The van der Waals surface area contributed by atoms with E-state index >= 15 is 0 Å². The highest BCUT2D eigenvalue weighted by atomic mass is 79.9. The maximum atomic E-state index is 12.4. The second-order valence-corrected chi connectivity index (χ2v) is 6.72. The van der Waals surface area contributed by atoms with E-state index in [9.17, 15) is 9.59 Å². The molecule has 2 aromatic carbocycles. The Labute approximate surface area is 141 Å². The van der Waals surface area contributed by atoms with Crippen molar-refractivity contribution in [3.05, 3.63) is 75.1 Å². The quantitative estimate of drug-likeness (QED) is 0.732. The molecule has 0 unspecified atom stereocenters. The SMILES string of the molecule is O=C1S/C(=C\c2ccccc2)C(=O)N1Cc1cccc(Br)c1. The summed E-state index contributed by atoms with van der Waals surface area (Å²) in [7, 11) is 0. The van der Waals surface area contributed by atoms with Crippen molar-refractivity contribution in [1.82, 2.24) is 4.90 Å². The Morgan fingerprint density at radius 2 is 1.82 bits per heavy atom. The maximum Gasteiger partial charge on any atom is 0.293 e. The van der Waals surface area contributed by atoms with E-state index in [-0.39, 0.29) is 17.7 Å². The van der Waals surface area contributed by atoms with Gasteiger partial charge in [0.25, 0.3) is 11.1 Å². The number of benzene rings is 2. The number of imide groups is 1. The van der Waals surface area contributed by atoms with Crippen LogP contribution in [0.5, 0.6) is 0 Å². The molecule has 0 radical (unpaired) electrons. The molecule has 1 heterocycles. The van der Waals surface area contributed by atoms with Crippen molar-refractivity contribution < 1.29 is 9.59 Å². The summed E-state index contributed by atoms with van der Waals surface area (Å²) in [6.07, 6.45) is 1.76. The minimum atomic E-state index is -0.237. The standard InChI is InChI=1S/C17H12BrNO2S/c18-14-8-4-7-13(9-14)11-19-16(20)15(22-17(19)21)10-12-5-2-1-3-6-12/h1-10H,11H2/b15-10-. The number of carbonyl (C=O) groups excluding carboxylic acids is 2. The molecule has 0 saturated carbocycles. The molecule has 22 heavy (non-hydrogen) atoms. The molecule has 0 N–H and O–H groups in total. The Morgan fingerprint density at radius 3 is 2.55 bits per heavy atom. The van der Waals surface area contributed by atoms with Crippen LogP contribution >= 0.6 is 27.7 Å². The number of nitrogens with zero attached hydrogens (tertiary/aromatic N) is 1. The zero-order valence-electron chi connectivity index (χ0n) is 11.5. The zero-order valence-corrected chi connectivity index (χ0v) is 13.9. The number of amides is 2. The number of halogens is 1. The first-order chi connectivity index (χ1) is 10.6. The monoisotopic (exact) mass is 373 g/mol. The van der Waals surface area contributed by atoms with E-state index in [4.69, 9.17) is 0 Å². The minimum absolute atomic E-state index is 0.229. The molecule has 2 amide bonds. The molecule has 1 fully saturated rings. The Hall–Kier alpha value is -1.85. The molecule has 3 nitrogen and oxygen atoms in total. The summed E-state index contributed by atoms with van der Waals surface area (Å²) in [5, 5.41) is -0.229. The fourth-order valence-corrected chi connectivity index (χ4v) is 3.44. The van der Waals surface area contributed by atoms with Gasteiger partial charge in [-0.1, -0.05) is 58.4 Å². The van der Waals surface area contributed by atoms with Crippen LogP contribution in [-0.2, 0) is 11.3 Å². The van der Waals surface area contributed by atoms with Crippen LogP contribution in [0.3, 0.4) is 0 Å². The lowest BCUT2D eigenvalue weighted by Crippen LogP contribution is -2.27. The summed E-state index contributed by atoms with van der Waals surface area (Å²) < 4.78 is 0.928. The highest BCUT2D eigenvalue weighted by Crippen LogP contribution is 2.33. The maximum absolute atomic E-state index is 12.4. The van der Waals surface area contributed by atoms with Gasteiger partial charge in [0.1, 0.15) is 0 Å². The molecule has 0 atom stereocenters. The fourth-order valence-electron chi connectivity index (χ4n) is 2.15. The Bertz CT molecular complexity index is 758. The van der Waals surface area contributed by atoms with Crippen molar-refractivity contribution in [2.45, 2.75) is 6.54 Å². The van der Waals surface area contributed by atoms with Crippen LogP contribution in [-0.4, -0.2) is 16.0 Å². The predicted octanol–water partition coefficient (Wildman–Crippen LogP) is 4.69. The van der Waals surface area contributed by atoms with Crippen LogP contribution in [0.15, 0.2) is 64.0 Å². The van der Waals surface area contributed by atoms with E-state index in [1.54, 1.807) is 6.08 Å². The topological polar surface area (TPSA) is 37.4 Å². The molecule has 2 aromatic rings. The molecule has 1 saturated heterocycles. The molecule has 0 spiro atoms. The highest BCUT2D eigenvalue weighted by Gasteiger charge is 2.34. The van der Waals surface area contributed by atoms with Gasteiger partial charge in [-0.05, 0) is 41.1 Å². The van der Waals surface area contributed by atoms with Gasteiger partial charge in [0.15, 0.2) is 0 Å². The van der Waals surface area contributed by atoms with Gasteiger partial charge < -0.3 is 0 Å². The van der Waals surface area contributed by atoms with Crippen LogP contribution in [0.2, 0.25) is 0 Å². The summed E-state index contributed by atoms with van der Waals surface area (Å²) in [4.78, 5) is 26.2. The van der Waals surface area contributed by atoms with Crippen LogP contribution in [0.25, 0.3) is 6.08 Å². The van der Waals surface area contributed by atoms with E-state index in [1.807, 2.05) is 54.6 Å². The molecule has 5 heteroatoms. The normalized spacial score (nSPS) is 16.6. The van der Waals surface area contributed by atoms with E-state index in [0.29, 0.717) is 4.91 Å². The fraction of sp³-hybridized carbons (Fsp3) is 0.0588. The number of hydrogen-bond donors (Lipinski definition) is 0.